The summed E-state index contributed by atoms with van der Waals surface area (Å²) in [4.78, 5) is 14.4. The van der Waals surface area contributed by atoms with E-state index in [0.29, 0.717) is 0 Å². The highest BCUT2D eigenvalue weighted by Gasteiger charge is 2.58. The van der Waals surface area contributed by atoms with Gasteiger partial charge >= 0.3 is 5.97 Å². The molecule has 0 aliphatic carbocycles. The van der Waals surface area contributed by atoms with Gasteiger partial charge in [-0.3, -0.25) is 0 Å². The van der Waals surface area contributed by atoms with E-state index in [0.717, 1.165) is 44.5 Å². The Bertz CT molecular complexity index is 3350. The summed E-state index contributed by atoms with van der Waals surface area (Å²) in [5.74, 6) is -0.754. The fourth-order valence-corrected chi connectivity index (χ4v) is 11.6. The monoisotopic (exact) mass is 1250 g/mol. The van der Waals surface area contributed by atoms with Gasteiger partial charge in [0.2, 0.25) is 0 Å². The van der Waals surface area contributed by atoms with E-state index in [-0.39, 0.29) is 52.9 Å². The van der Waals surface area contributed by atoms with Gasteiger partial charge < -0.3 is 76.5 Å². The maximum atomic E-state index is 14.4. The average Bonchev–Trinajstić information content (AvgIpc) is 0.810. The van der Waals surface area contributed by atoms with Crippen LogP contribution in [0.1, 0.15) is 44.5 Å². The molecule has 3 aliphatic heterocycles. The number of hydrogen-bond acceptors (Lipinski definition) is 17. The van der Waals surface area contributed by atoms with Crippen molar-refractivity contribution < 1.29 is 81.3 Å². The zero-order chi connectivity index (χ0) is 63.1. The molecule has 3 heterocycles. The fourth-order valence-electron chi connectivity index (χ4n) is 11.6. The predicted octanol–water partition coefficient (Wildman–Crippen LogP) is 10.4. The highest BCUT2D eigenvalue weighted by Crippen LogP contribution is 2.39. The molecule has 15 atom stereocenters. The smallest absolute Gasteiger partial charge is 0.337 e. The van der Waals surface area contributed by atoms with Crippen molar-refractivity contribution in [3.8, 4) is 0 Å². The van der Waals surface area contributed by atoms with Crippen molar-refractivity contribution in [2.45, 2.75) is 145 Å². The second-order valence-electron chi connectivity index (χ2n) is 22.7. The van der Waals surface area contributed by atoms with Gasteiger partial charge in [-0.25, -0.2) is 4.79 Å². The Morgan fingerprint density at radius 3 is 0.804 bits per heavy atom. The second-order valence-corrected chi connectivity index (χ2v) is 22.7. The first-order valence-corrected chi connectivity index (χ1v) is 31.2. The minimum atomic E-state index is -1.48. The van der Waals surface area contributed by atoms with Gasteiger partial charge in [-0.15, -0.1) is 0 Å². The van der Waals surface area contributed by atoms with Crippen LogP contribution in [0.2, 0.25) is 0 Å². The summed E-state index contributed by atoms with van der Waals surface area (Å²) in [6.45, 7) is -0.548. The lowest BCUT2D eigenvalue weighted by atomic mass is 9.94. The van der Waals surface area contributed by atoms with Crippen LogP contribution in [0, 0.1) is 0 Å². The summed E-state index contributed by atoms with van der Waals surface area (Å²) in [6, 6.07) is 77.1. The molecule has 17 nitrogen and oxygen atoms in total. The highest BCUT2D eigenvalue weighted by atomic mass is 16.8. The molecule has 0 bridgehead atoms. The first-order valence-electron chi connectivity index (χ1n) is 31.2. The molecule has 0 saturated carbocycles. The van der Waals surface area contributed by atoms with Gasteiger partial charge in [-0.05, 0) is 44.5 Å². The van der Waals surface area contributed by atoms with E-state index < -0.39 is 111 Å². The van der Waals surface area contributed by atoms with E-state index in [9.17, 15) is 15.0 Å². The summed E-state index contributed by atoms with van der Waals surface area (Å²) in [6.07, 6.45) is -18.0. The Morgan fingerprint density at radius 1 is 0.293 bits per heavy atom. The van der Waals surface area contributed by atoms with Crippen LogP contribution >= 0.6 is 0 Å². The first-order chi connectivity index (χ1) is 45.4. The van der Waals surface area contributed by atoms with E-state index in [1.807, 2.05) is 243 Å². The summed E-state index contributed by atoms with van der Waals surface area (Å²) < 4.78 is 96.3. The SMILES string of the molecule is COC(=O)[C@H]1O[C@H](O[C@@H]2[C@H](OCc3ccccc3)[C@@H](OCc3ccccc3)[C@@H](O[C@@H]3[C@H](OCc4ccccc4)[C@@H](OCc4ccccc4)[C@H](OCc4ccccc4)O[C@@H]3CO)O[C@@H]2CO)[C@H](OCc2ccccc2)[C@@H](OCc2ccccc2)[C@H]1OCc1ccccc1. The summed E-state index contributed by atoms with van der Waals surface area (Å²) >= 11 is 0. The van der Waals surface area contributed by atoms with Crippen molar-refractivity contribution in [2.75, 3.05) is 20.3 Å². The molecule has 8 aromatic carbocycles. The van der Waals surface area contributed by atoms with Crippen molar-refractivity contribution in [2.24, 2.45) is 0 Å². The number of benzene rings is 8. The van der Waals surface area contributed by atoms with Gasteiger partial charge in [0, 0.05) is 0 Å². The molecule has 2 N–H and O–H groups in total. The zero-order valence-corrected chi connectivity index (χ0v) is 51.3. The minimum Gasteiger partial charge on any atom is -0.467 e. The number of hydrogen-bond donors (Lipinski definition) is 2. The number of carbonyl (C=O) groups excluding carboxylic acids is 1. The van der Waals surface area contributed by atoms with Crippen molar-refractivity contribution >= 4 is 5.97 Å². The van der Waals surface area contributed by atoms with E-state index in [1.165, 1.54) is 7.11 Å². The number of carbonyl (C=O) groups is 1. The third-order valence-corrected chi connectivity index (χ3v) is 16.3. The molecule has 0 amide bonds. The Kier molecular flexibility index (Phi) is 24.8. The van der Waals surface area contributed by atoms with Gasteiger partial charge in [0.05, 0.1) is 73.2 Å². The maximum absolute atomic E-state index is 14.4. The predicted molar refractivity (Wildman–Crippen MR) is 338 cm³/mol. The quantitative estimate of drug-likeness (QED) is 0.0390. The normalized spacial score (nSPS) is 26.4. The van der Waals surface area contributed by atoms with Crippen LogP contribution in [0.5, 0.6) is 0 Å². The Hall–Kier alpha value is -7.37. The molecule has 8 aromatic rings. The lowest BCUT2D eigenvalue weighted by molar-refractivity contribution is -0.392. The third-order valence-electron chi connectivity index (χ3n) is 16.3. The average molecular weight is 1250 g/mol. The van der Waals surface area contributed by atoms with E-state index in [4.69, 9.17) is 66.3 Å². The van der Waals surface area contributed by atoms with Crippen molar-refractivity contribution in [3.05, 3.63) is 287 Å². The van der Waals surface area contributed by atoms with Crippen LogP contribution in [-0.4, -0.2) is 129 Å². The van der Waals surface area contributed by atoms with E-state index in [1.54, 1.807) is 0 Å². The van der Waals surface area contributed by atoms with Crippen LogP contribution in [-0.2, 0) is 124 Å². The summed E-state index contributed by atoms with van der Waals surface area (Å²) in [5, 5.41) is 23.4. The number of esters is 1. The number of ether oxygens (including phenoxy) is 14. The Balaban J connectivity index is 0.990. The van der Waals surface area contributed by atoms with Gasteiger partial charge in [0.25, 0.3) is 0 Å². The molecule has 17 heteroatoms. The molecule has 0 unspecified atom stereocenters. The number of aliphatic hydroxyl groups excluding tert-OH is 2. The fraction of sp³-hybridized carbons (Fsp3) is 0.347. The van der Waals surface area contributed by atoms with Gasteiger partial charge in [0.15, 0.2) is 25.0 Å². The van der Waals surface area contributed by atoms with Gasteiger partial charge in [0.1, 0.15) is 67.1 Å². The summed E-state index contributed by atoms with van der Waals surface area (Å²) in [7, 11) is 1.28. The second kappa shape index (κ2) is 34.5. The van der Waals surface area contributed by atoms with Crippen molar-refractivity contribution in [1.82, 2.24) is 0 Å². The van der Waals surface area contributed by atoms with Crippen molar-refractivity contribution in [1.29, 1.82) is 0 Å². The number of methoxy groups -OCH3 is 1. The lowest BCUT2D eigenvalue weighted by Crippen LogP contribution is -2.68. The van der Waals surface area contributed by atoms with Crippen LogP contribution in [0.25, 0.3) is 0 Å². The van der Waals surface area contributed by atoms with Gasteiger partial charge in [-0.1, -0.05) is 243 Å². The van der Waals surface area contributed by atoms with Crippen molar-refractivity contribution in [3.63, 3.8) is 0 Å². The highest BCUT2D eigenvalue weighted by molar-refractivity contribution is 5.75. The molecular formula is C75H80O17. The largest absolute Gasteiger partial charge is 0.467 e. The molecule has 3 fully saturated rings. The van der Waals surface area contributed by atoms with Gasteiger partial charge in [-0.2, -0.15) is 0 Å². The molecule has 92 heavy (non-hydrogen) atoms. The molecule has 3 saturated heterocycles. The Labute approximate surface area is 537 Å². The molecule has 0 aromatic heterocycles. The number of aliphatic hydroxyl groups is 2. The topological polar surface area (TPSA) is 187 Å². The van der Waals surface area contributed by atoms with E-state index >= 15 is 0 Å². The molecular weight excluding hydrogens is 1170 g/mol. The van der Waals surface area contributed by atoms with Crippen LogP contribution < -0.4 is 0 Å². The Morgan fingerprint density at radius 2 is 0.522 bits per heavy atom. The van der Waals surface area contributed by atoms with Crippen LogP contribution in [0.4, 0.5) is 0 Å². The first kappa shape index (κ1) is 66.1. The molecule has 0 spiro atoms. The standard InChI is InChI=1S/C75H80O17/c1-79-72(78)68-66(82-46-54-30-14-4-15-31-54)67(83-47-55-32-16-5-17-33-55)71(86-50-58-38-22-8-23-39-58)75(92-68)91-63-61(43-77)89-74(70(85-49-57-36-20-7-21-37-57)65(63)81-45-53-28-12-3-13-29-53)90-62-60(42-76)88-73(87-51-59-40-24-9-25-41-59)69(84-48-56-34-18-6-19-35-56)64(62)80-44-52-26-10-2-11-27-52/h2-41,60-71,73-77H,42-51H2,1H3/t60-,61-,62+,63+,64+,65+,66-,67+,68+,69-,70-,71-,73-,74-,75+/m1/s1. The molecule has 482 valence electrons. The minimum absolute atomic E-state index is 0.0222. The molecule has 0 radical (unpaired) electrons. The molecule has 3 aliphatic rings. The summed E-state index contributed by atoms with van der Waals surface area (Å²) in [5.41, 5.74) is 6.77. The third kappa shape index (κ3) is 18.1. The van der Waals surface area contributed by atoms with Crippen LogP contribution in [0.3, 0.4) is 0 Å². The zero-order valence-electron chi connectivity index (χ0n) is 51.3. The lowest BCUT2D eigenvalue weighted by Gasteiger charge is -2.51. The van der Waals surface area contributed by atoms with E-state index in [2.05, 4.69) is 0 Å². The maximum Gasteiger partial charge on any atom is 0.337 e. The number of rotatable bonds is 31. The van der Waals surface area contributed by atoms with Crippen LogP contribution in [0.15, 0.2) is 243 Å². The molecule has 11 rings (SSSR count).